The molecule has 0 aliphatic carbocycles. The first kappa shape index (κ1) is 14.1. The maximum Gasteiger partial charge on any atom is 0.293 e. The van der Waals surface area contributed by atoms with Crippen molar-refractivity contribution in [3.8, 4) is 0 Å². The standard InChI is InChI=1S/C10H12FIN2O3/c1-6(5-15)13(2)9-3-7(11)8(12)4-10(9)14(16)17/h3-4,6,15H,5H2,1-2H3. The topological polar surface area (TPSA) is 66.6 Å². The summed E-state index contributed by atoms with van der Waals surface area (Å²) >= 11 is 1.70. The third kappa shape index (κ3) is 3.03. The lowest BCUT2D eigenvalue weighted by atomic mass is 10.2. The number of likely N-dealkylation sites (N-methyl/N-ethyl adjacent to an activating group) is 1. The van der Waals surface area contributed by atoms with E-state index >= 15 is 0 Å². The highest BCUT2D eigenvalue weighted by Crippen LogP contribution is 2.31. The van der Waals surface area contributed by atoms with E-state index in [0.717, 1.165) is 6.07 Å². The molecule has 0 saturated heterocycles. The second-order valence-electron chi connectivity index (χ2n) is 3.65. The zero-order valence-electron chi connectivity index (χ0n) is 9.35. The fraction of sp³-hybridized carbons (Fsp3) is 0.400. The van der Waals surface area contributed by atoms with E-state index in [1.165, 1.54) is 11.0 Å². The van der Waals surface area contributed by atoms with Gasteiger partial charge in [-0.1, -0.05) is 0 Å². The van der Waals surface area contributed by atoms with Crippen molar-refractivity contribution in [1.29, 1.82) is 0 Å². The highest BCUT2D eigenvalue weighted by atomic mass is 127. The number of aliphatic hydroxyl groups is 1. The predicted molar refractivity (Wildman–Crippen MR) is 70.7 cm³/mol. The molecule has 0 fully saturated rings. The number of nitro benzene ring substituents is 1. The number of hydrogen-bond acceptors (Lipinski definition) is 4. The SMILES string of the molecule is CC(CO)N(C)c1cc(F)c(I)cc1[N+](=O)[O-]. The summed E-state index contributed by atoms with van der Waals surface area (Å²) in [5.74, 6) is -0.511. The predicted octanol–water partition coefficient (Wildman–Crippen LogP) is 2.16. The van der Waals surface area contributed by atoms with Crippen LogP contribution in [0.25, 0.3) is 0 Å². The molecule has 1 atom stereocenters. The lowest BCUT2D eigenvalue weighted by Crippen LogP contribution is -2.32. The molecule has 0 aromatic heterocycles. The Labute approximate surface area is 112 Å². The van der Waals surface area contributed by atoms with Gasteiger partial charge in [0.25, 0.3) is 5.69 Å². The Balaban J connectivity index is 3.30. The molecule has 0 heterocycles. The van der Waals surface area contributed by atoms with E-state index in [0.29, 0.717) is 0 Å². The Hall–Kier alpha value is -0.960. The van der Waals surface area contributed by atoms with E-state index in [9.17, 15) is 14.5 Å². The molecule has 0 aliphatic rings. The minimum absolute atomic E-state index is 0.162. The molecule has 0 amide bonds. The number of halogens is 2. The van der Waals surface area contributed by atoms with E-state index in [1.807, 2.05) is 0 Å². The number of aliphatic hydroxyl groups excluding tert-OH is 1. The monoisotopic (exact) mass is 354 g/mol. The van der Waals surface area contributed by atoms with Crippen LogP contribution in [0.3, 0.4) is 0 Å². The maximum atomic E-state index is 13.4. The molecule has 1 rings (SSSR count). The van der Waals surface area contributed by atoms with Crippen molar-refractivity contribution in [3.05, 3.63) is 31.6 Å². The van der Waals surface area contributed by atoms with E-state index in [2.05, 4.69) is 0 Å². The van der Waals surface area contributed by atoms with E-state index in [4.69, 9.17) is 5.11 Å². The first-order valence-corrected chi connectivity index (χ1v) is 5.93. The summed E-state index contributed by atoms with van der Waals surface area (Å²) in [4.78, 5) is 11.8. The van der Waals surface area contributed by atoms with Gasteiger partial charge in [-0.25, -0.2) is 4.39 Å². The molecular formula is C10H12FIN2O3. The van der Waals surface area contributed by atoms with Gasteiger partial charge in [-0.3, -0.25) is 10.1 Å². The lowest BCUT2D eigenvalue weighted by molar-refractivity contribution is -0.384. The van der Waals surface area contributed by atoms with Gasteiger partial charge in [0, 0.05) is 25.2 Å². The minimum atomic E-state index is -0.558. The van der Waals surface area contributed by atoms with Crippen LogP contribution in [0.1, 0.15) is 6.92 Å². The Kier molecular flexibility index (Phi) is 4.63. The second-order valence-corrected chi connectivity index (χ2v) is 4.82. The average molecular weight is 354 g/mol. The molecule has 0 radical (unpaired) electrons. The minimum Gasteiger partial charge on any atom is -0.394 e. The molecular weight excluding hydrogens is 342 g/mol. The highest BCUT2D eigenvalue weighted by Gasteiger charge is 2.22. The van der Waals surface area contributed by atoms with Crippen LogP contribution in [0.4, 0.5) is 15.8 Å². The van der Waals surface area contributed by atoms with Gasteiger partial charge < -0.3 is 10.0 Å². The summed E-state index contributed by atoms with van der Waals surface area (Å²) in [7, 11) is 1.58. The molecule has 0 bridgehead atoms. The summed E-state index contributed by atoms with van der Waals surface area (Å²) in [5, 5.41) is 19.9. The van der Waals surface area contributed by atoms with Crippen LogP contribution in [0.15, 0.2) is 12.1 Å². The first-order valence-electron chi connectivity index (χ1n) is 4.85. The number of rotatable bonds is 4. The normalized spacial score (nSPS) is 12.3. The van der Waals surface area contributed by atoms with Gasteiger partial charge in [-0.05, 0) is 29.5 Å². The summed E-state index contributed by atoms with van der Waals surface area (Å²) in [6, 6.07) is 1.98. The Morgan fingerprint density at radius 2 is 2.24 bits per heavy atom. The fourth-order valence-electron chi connectivity index (χ4n) is 1.31. The summed E-state index contributed by atoms with van der Waals surface area (Å²) in [6.07, 6.45) is 0. The maximum absolute atomic E-state index is 13.4. The molecule has 0 spiro atoms. The van der Waals surface area contributed by atoms with Crippen molar-refractivity contribution in [1.82, 2.24) is 0 Å². The fourth-order valence-corrected chi connectivity index (χ4v) is 1.77. The lowest BCUT2D eigenvalue weighted by Gasteiger charge is -2.25. The van der Waals surface area contributed by atoms with Gasteiger partial charge in [0.1, 0.15) is 11.5 Å². The van der Waals surface area contributed by atoms with Crippen molar-refractivity contribution in [2.24, 2.45) is 0 Å². The third-order valence-corrected chi connectivity index (χ3v) is 3.35. The largest absolute Gasteiger partial charge is 0.394 e. The van der Waals surface area contributed by atoms with Crippen LogP contribution in [0, 0.1) is 19.5 Å². The smallest absolute Gasteiger partial charge is 0.293 e. The van der Waals surface area contributed by atoms with Crippen molar-refractivity contribution in [2.45, 2.75) is 13.0 Å². The van der Waals surface area contributed by atoms with E-state index < -0.39 is 10.7 Å². The highest BCUT2D eigenvalue weighted by molar-refractivity contribution is 14.1. The summed E-state index contributed by atoms with van der Waals surface area (Å²) in [6.45, 7) is 1.53. The average Bonchev–Trinajstić information content (AvgIpc) is 2.29. The number of hydrogen-bond donors (Lipinski definition) is 1. The number of nitro groups is 1. The second kappa shape index (κ2) is 5.58. The zero-order valence-corrected chi connectivity index (χ0v) is 11.5. The van der Waals surface area contributed by atoms with Gasteiger partial charge in [0.15, 0.2) is 0 Å². The molecule has 7 heteroatoms. The van der Waals surface area contributed by atoms with Gasteiger partial charge in [0.05, 0.1) is 15.1 Å². The van der Waals surface area contributed by atoms with Crippen LogP contribution in [0.2, 0.25) is 0 Å². The molecule has 94 valence electrons. The van der Waals surface area contributed by atoms with Crippen LogP contribution < -0.4 is 4.90 Å². The van der Waals surface area contributed by atoms with Gasteiger partial charge >= 0.3 is 0 Å². The van der Waals surface area contributed by atoms with Crippen molar-refractivity contribution >= 4 is 34.0 Å². The zero-order chi connectivity index (χ0) is 13.2. The molecule has 1 unspecified atom stereocenters. The Bertz CT molecular complexity index is 442. The molecule has 0 saturated carbocycles. The molecule has 1 aromatic rings. The van der Waals surface area contributed by atoms with Gasteiger partial charge in [-0.2, -0.15) is 0 Å². The number of benzene rings is 1. The summed E-state index contributed by atoms with van der Waals surface area (Å²) < 4.78 is 13.6. The molecule has 5 nitrogen and oxygen atoms in total. The van der Waals surface area contributed by atoms with Crippen LogP contribution in [-0.4, -0.2) is 29.7 Å². The summed E-state index contributed by atoms with van der Waals surface area (Å²) in [5.41, 5.74) is -0.00642. The number of anilines is 1. The molecule has 0 aliphatic heterocycles. The Morgan fingerprint density at radius 1 is 1.65 bits per heavy atom. The van der Waals surface area contributed by atoms with Crippen LogP contribution in [-0.2, 0) is 0 Å². The Morgan fingerprint density at radius 3 is 2.71 bits per heavy atom. The third-order valence-electron chi connectivity index (χ3n) is 2.52. The van der Waals surface area contributed by atoms with E-state index in [1.54, 1.807) is 36.6 Å². The van der Waals surface area contributed by atoms with Crippen LogP contribution >= 0.6 is 22.6 Å². The van der Waals surface area contributed by atoms with Gasteiger partial charge in [0.2, 0.25) is 0 Å². The van der Waals surface area contributed by atoms with E-state index in [-0.39, 0.29) is 27.6 Å². The molecule has 17 heavy (non-hydrogen) atoms. The van der Waals surface area contributed by atoms with Crippen molar-refractivity contribution in [3.63, 3.8) is 0 Å². The van der Waals surface area contributed by atoms with Gasteiger partial charge in [-0.15, -0.1) is 0 Å². The quantitative estimate of drug-likeness (QED) is 0.511. The molecule has 1 aromatic carbocycles. The molecule has 1 N–H and O–H groups in total. The van der Waals surface area contributed by atoms with Crippen molar-refractivity contribution in [2.75, 3.05) is 18.6 Å². The van der Waals surface area contributed by atoms with Crippen molar-refractivity contribution < 1.29 is 14.4 Å². The van der Waals surface area contributed by atoms with Crippen LogP contribution in [0.5, 0.6) is 0 Å². The number of nitrogens with zero attached hydrogens (tertiary/aromatic N) is 2. The first-order chi connectivity index (χ1) is 7.88.